The van der Waals surface area contributed by atoms with Crippen molar-refractivity contribution >= 4 is 0 Å². The Morgan fingerprint density at radius 2 is 1.95 bits per heavy atom. The molecule has 2 N–H and O–H groups in total. The van der Waals surface area contributed by atoms with Crippen molar-refractivity contribution in [3.05, 3.63) is 12.2 Å². The molecule has 0 saturated heterocycles. The van der Waals surface area contributed by atoms with Gasteiger partial charge in [-0.15, -0.1) is 0 Å². The molecule has 0 fully saturated rings. The Balaban J connectivity index is 2.17. The van der Waals surface area contributed by atoms with Gasteiger partial charge in [-0.1, -0.05) is 32.9 Å². The van der Waals surface area contributed by atoms with Crippen molar-refractivity contribution in [1.29, 1.82) is 0 Å². The van der Waals surface area contributed by atoms with Crippen molar-refractivity contribution < 1.29 is 9.84 Å². The molecule has 3 atom stereocenters. The van der Waals surface area contributed by atoms with Crippen molar-refractivity contribution in [3.63, 3.8) is 0 Å². The molecule has 0 spiro atoms. The van der Waals surface area contributed by atoms with Gasteiger partial charge in [0, 0.05) is 12.1 Å². The molecule has 0 saturated carbocycles. The molecule has 3 heteroatoms. The van der Waals surface area contributed by atoms with E-state index in [9.17, 15) is 5.11 Å². The molecule has 1 aliphatic carbocycles. The van der Waals surface area contributed by atoms with Gasteiger partial charge < -0.3 is 15.2 Å². The van der Waals surface area contributed by atoms with Crippen LogP contribution in [0.25, 0.3) is 0 Å². The normalized spacial score (nSPS) is 24.9. The molecule has 0 bridgehead atoms. The summed E-state index contributed by atoms with van der Waals surface area (Å²) < 4.78 is 5.71. The third-order valence-electron chi connectivity index (χ3n) is 4.89. The second kappa shape index (κ2) is 8.81. The number of β-amino-alcohol motifs (C(OH)–C–C–N with tert-alkyl or cyclic N) is 1. The maximum absolute atomic E-state index is 10.00. The smallest absolute Gasteiger partial charge is 0.0897 e. The van der Waals surface area contributed by atoms with Gasteiger partial charge in [-0.25, -0.2) is 0 Å². The quantitative estimate of drug-likeness (QED) is 0.639. The van der Waals surface area contributed by atoms with Crippen LogP contribution in [0.15, 0.2) is 12.2 Å². The van der Waals surface area contributed by atoms with Gasteiger partial charge in [0.2, 0.25) is 0 Å². The molecule has 1 aliphatic rings. The van der Waals surface area contributed by atoms with E-state index < -0.39 is 6.10 Å². The van der Waals surface area contributed by atoms with E-state index >= 15 is 0 Å². The summed E-state index contributed by atoms with van der Waals surface area (Å²) >= 11 is 0. The number of aliphatic hydroxyl groups is 1. The summed E-state index contributed by atoms with van der Waals surface area (Å²) in [6.07, 6.45) is 8.51. The van der Waals surface area contributed by atoms with Crippen LogP contribution in [0, 0.1) is 11.8 Å². The number of aliphatic hydroxyl groups excluding tert-OH is 1. The van der Waals surface area contributed by atoms with Crippen LogP contribution in [0.1, 0.15) is 53.4 Å². The first kappa shape index (κ1) is 17.7. The molecule has 0 aromatic carbocycles. The van der Waals surface area contributed by atoms with Gasteiger partial charge in [-0.2, -0.15) is 0 Å². The van der Waals surface area contributed by atoms with Crippen LogP contribution in [0.4, 0.5) is 0 Å². The Bertz CT molecular complexity index is 287. The lowest BCUT2D eigenvalue weighted by molar-refractivity contribution is 0.00988. The van der Waals surface area contributed by atoms with Crippen LogP contribution >= 0.6 is 0 Å². The maximum Gasteiger partial charge on any atom is 0.0897 e. The highest BCUT2D eigenvalue weighted by atomic mass is 16.5. The highest BCUT2D eigenvalue weighted by Crippen LogP contribution is 2.25. The Labute approximate surface area is 124 Å². The minimum absolute atomic E-state index is 0.129. The molecular weight excluding hydrogens is 250 g/mol. The first-order valence-electron chi connectivity index (χ1n) is 8.16. The molecule has 20 heavy (non-hydrogen) atoms. The minimum Gasteiger partial charge on any atom is -0.389 e. The Kier molecular flexibility index (Phi) is 7.78. The van der Waals surface area contributed by atoms with Crippen LogP contribution in [-0.2, 0) is 4.74 Å². The van der Waals surface area contributed by atoms with Gasteiger partial charge in [-0.3, -0.25) is 0 Å². The second-order valence-electron chi connectivity index (χ2n) is 6.52. The molecule has 0 aromatic heterocycles. The molecule has 3 nitrogen and oxygen atoms in total. The summed E-state index contributed by atoms with van der Waals surface area (Å²) in [5, 5.41) is 13.4. The number of hydrogen-bond donors (Lipinski definition) is 2. The lowest BCUT2D eigenvalue weighted by Crippen LogP contribution is -2.45. The first-order chi connectivity index (χ1) is 9.50. The Morgan fingerprint density at radius 1 is 1.30 bits per heavy atom. The summed E-state index contributed by atoms with van der Waals surface area (Å²) in [6, 6.07) is 0. The van der Waals surface area contributed by atoms with E-state index in [2.05, 4.69) is 45.2 Å². The summed E-state index contributed by atoms with van der Waals surface area (Å²) in [5.41, 5.74) is 0.129. The van der Waals surface area contributed by atoms with Crippen LogP contribution < -0.4 is 5.32 Å². The molecule has 0 aromatic rings. The van der Waals surface area contributed by atoms with Crippen molar-refractivity contribution in [1.82, 2.24) is 5.32 Å². The topological polar surface area (TPSA) is 41.5 Å². The molecule has 118 valence electrons. The van der Waals surface area contributed by atoms with Crippen LogP contribution in [0.2, 0.25) is 0 Å². The fourth-order valence-corrected chi connectivity index (χ4v) is 2.52. The lowest BCUT2D eigenvalue weighted by Gasteiger charge is -2.30. The average Bonchev–Trinajstić information content (AvgIpc) is 2.47. The van der Waals surface area contributed by atoms with E-state index in [1.54, 1.807) is 0 Å². The van der Waals surface area contributed by atoms with Gasteiger partial charge in [0.05, 0.1) is 19.3 Å². The fraction of sp³-hybridized carbons (Fsp3) is 0.882. The molecule has 0 heterocycles. The average molecular weight is 283 g/mol. The number of nitrogens with one attached hydrogen (secondary N) is 1. The molecule has 0 amide bonds. The molecule has 1 rings (SSSR count). The van der Waals surface area contributed by atoms with E-state index in [1.807, 2.05) is 0 Å². The van der Waals surface area contributed by atoms with E-state index in [4.69, 9.17) is 4.74 Å². The zero-order chi connectivity index (χ0) is 15.0. The Hall–Kier alpha value is -0.380. The lowest BCUT2D eigenvalue weighted by atomic mass is 9.85. The van der Waals surface area contributed by atoms with Crippen molar-refractivity contribution in [2.45, 2.75) is 65.0 Å². The standard InChI is InChI=1S/C17H33NO2/c1-5-17(4,6-2)18-11-16(19)13-20-12-15-10-8-7-9-14(15)3/h7-8,14-16,18-19H,5-6,9-13H2,1-4H3. The van der Waals surface area contributed by atoms with Crippen molar-refractivity contribution in [2.75, 3.05) is 19.8 Å². The van der Waals surface area contributed by atoms with Gasteiger partial charge in [-0.05, 0) is 44.4 Å². The largest absolute Gasteiger partial charge is 0.389 e. The predicted octanol–water partition coefficient (Wildman–Crippen LogP) is 3.13. The number of hydrogen-bond acceptors (Lipinski definition) is 3. The third-order valence-corrected chi connectivity index (χ3v) is 4.89. The second-order valence-corrected chi connectivity index (χ2v) is 6.52. The van der Waals surface area contributed by atoms with Crippen molar-refractivity contribution in [3.8, 4) is 0 Å². The Morgan fingerprint density at radius 3 is 2.55 bits per heavy atom. The third kappa shape index (κ3) is 5.94. The SMILES string of the molecule is CCC(C)(CC)NCC(O)COCC1CC=CCC1C. The van der Waals surface area contributed by atoms with Gasteiger partial charge in [0.1, 0.15) is 0 Å². The highest BCUT2D eigenvalue weighted by molar-refractivity contribution is 4.93. The summed E-state index contributed by atoms with van der Waals surface area (Å²) in [4.78, 5) is 0. The van der Waals surface area contributed by atoms with E-state index in [1.165, 1.54) is 0 Å². The van der Waals surface area contributed by atoms with Gasteiger partial charge >= 0.3 is 0 Å². The summed E-state index contributed by atoms with van der Waals surface area (Å²) in [7, 11) is 0. The molecular formula is C17H33NO2. The van der Waals surface area contributed by atoms with Crippen LogP contribution in [0.5, 0.6) is 0 Å². The minimum atomic E-state index is -0.415. The number of ether oxygens (including phenoxy) is 1. The zero-order valence-corrected chi connectivity index (χ0v) is 13.7. The molecule has 0 radical (unpaired) electrons. The number of allylic oxidation sites excluding steroid dienone is 2. The van der Waals surface area contributed by atoms with E-state index in [-0.39, 0.29) is 5.54 Å². The van der Waals surface area contributed by atoms with E-state index in [0.29, 0.717) is 25.0 Å². The maximum atomic E-state index is 10.00. The van der Waals surface area contributed by atoms with Crippen molar-refractivity contribution in [2.24, 2.45) is 11.8 Å². The van der Waals surface area contributed by atoms with Crippen LogP contribution in [-0.4, -0.2) is 36.5 Å². The van der Waals surface area contributed by atoms with E-state index in [0.717, 1.165) is 32.3 Å². The molecule has 0 aliphatic heterocycles. The monoisotopic (exact) mass is 283 g/mol. The van der Waals surface area contributed by atoms with Crippen LogP contribution in [0.3, 0.4) is 0 Å². The highest BCUT2D eigenvalue weighted by Gasteiger charge is 2.21. The predicted molar refractivity (Wildman–Crippen MR) is 84.8 cm³/mol. The summed E-state index contributed by atoms with van der Waals surface area (Å²) in [5.74, 6) is 1.30. The first-order valence-corrected chi connectivity index (χ1v) is 8.16. The fourth-order valence-electron chi connectivity index (χ4n) is 2.52. The number of rotatable bonds is 9. The molecule has 3 unspecified atom stereocenters. The van der Waals surface area contributed by atoms with Gasteiger partial charge in [0.25, 0.3) is 0 Å². The zero-order valence-electron chi connectivity index (χ0n) is 13.7. The summed E-state index contributed by atoms with van der Waals surface area (Å²) in [6.45, 7) is 10.7. The van der Waals surface area contributed by atoms with Gasteiger partial charge in [0.15, 0.2) is 0 Å².